The Labute approximate surface area is 120 Å². The Bertz CT molecular complexity index is 521. The van der Waals surface area contributed by atoms with Crippen LogP contribution < -0.4 is 0 Å². The van der Waals surface area contributed by atoms with Crippen LogP contribution in [-0.4, -0.2) is 54.2 Å². The van der Waals surface area contributed by atoms with E-state index in [4.69, 9.17) is 5.11 Å². The average Bonchev–Trinajstić information content (AvgIpc) is 2.42. The molecule has 1 fully saturated rings. The SMILES string of the molecule is CC1CN(C)CCN1Cc1ccc(C#CCO)cc1F. The fourth-order valence-corrected chi connectivity index (χ4v) is 2.53. The number of likely N-dealkylation sites (N-methyl/N-ethyl adjacent to an activating group) is 1. The molecule has 4 heteroatoms. The third-order valence-corrected chi connectivity index (χ3v) is 3.71. The van der Waals surface area contributed by atoms with Crippen molar-refractivity contribution < 1.29 is 9.50 Å². The van der Waals surface area contributed by atoms with Crippen LogP contribution in [0.4, 0.5) is 4.39 Å². The Morgan fingerprint density at radius 2 is 2.20 bits per heavy atom. The lowest BCUT2D eigenvalue weighted by atomic mass is 10.1. The van der Waals surface area contributed by atoms with Gasteiger partial charge in [-0.05, 0) is 26.1 Å². The van der Waals surface area contributed by atoms with Gasteiger partial charge in [-0.2, -0.15) is 0 Å². The van der Waals surface area contributed by atoms with Crippen LogP contribution in [0.15, 0.2) is 18.2 Å². The highest BCUT2D eigenvalue weighted by Gasteiger charge is 2.22. The number of halogens is 1. The van der Waals surface area contributed by atoms with Crippen LogP contribution in [0, 0.1) is 17.7 Å². The summed E-state index contributed by atoms with van der Waals surface area (Å²) >= 11 is 0. The molecule has 0 spiro atoms. The predicted molar refractivity (Wildman–Crippen MR) is 77.7 cm³/mol. The largest absolute Gasteiger partial charge is 0.384 e. The highest BCUT2D eigenvalue weighted by atomic mass is 19.1. The minimum atomic E-state index is -0.221. The Balaban J connectivity index is 2.06. The normalized spacial score (nSPS) is 20.5. The number of nitrogens with zero attached hydrogens (tertiary/aromatic N) is 2. The zero-order chi connectivity index (χ0) is 14.5. The molecule has 1 aromatic carbocycles. The molecule has 0 saturated carbocycles. The summed E-state index contributed by atoms with van der Waals surface area (Å²) in [6.07, 6.45) is 0. The van der Waals surface area contributed by atoms with Gasteiger partial charge >= 0.3 is 0 Å². The zero-order valence-electron chi connectivity index (χ0n) is 12.1. The monoisotopic (exact) mass is 276 g/mol. The summed E-state index contributed by atoms with van der Waals surface area (Å²) in [7, 11) is 2.11. The molecule has 0 aliphatic carbocycles. The minimum absolute atomic E-state index is 0.206. The summed E-state index contributed by atoms with van der Waals surface area (Å²) < 4.78 is 14.1. The van der Waals surface area contributed by atoms with Crippen LogP contribution in [0.2, 0.25) is 0 Å². The van der Waals surface area contributed by atoms with Gasteiger partial charge in [-0.3, -0.25) is 4.90 Å². The molecule has 1 saturated heterocycles. The van der Waals surface area contributed by atoms with Gasteiger partial charge < -0.3 is 10.0 Å². The van der Waals surface area contributed by atoms with Crippen LogP contribution >= 0.6 is 0 Å². The Kier molecular flexibility index (Phi) is 5.13. The van der Waals surface area contributed by atoms with Gasteiger partial charge in [-0.25, -0.2) is 4.39 Å². The highest BCUT2D eigenvalue weighted by molar-refractivity contribution is 5.37. The van der Waals surface area contributed by atoms with E-state index in [1.165, 1.54) is 6.07 Å². The summed E-state index contributed by atoms with van der Waals surface area (Å²) in [5.74, 6) is 5.03. The molecular weight excluding hydrogens is 255 g/mol. The van der Waals surface area contributed by atoms with E-state index in [0.717, 1.165) is 19.6 Å². The van der Waals surface area contributed by atoms with Gasteiger partial charge in [-0.1, -0.05) is 17.9 Å². The number of hydrogen-bond donors (Lipinski definition) is 1. The lowest BCUT2D eigenvalue weighted by Crippen LogP contribution is -2.49. The van der Waals surface area contributed by atoms with E-state index in [1.807, 2.05) is 6.07 Å². The number of hydrogen-bond acceptors (Lipinski definition) is 3. The smallest absolute Gasteiger partial charge is 0.128 e. The van der Waals surface area contributed by atoms with Crippen molar-refractivity contribution in [1.29, 1.82) is 0 Å². The summed E-state index contributed by atoms with van der Waals surface area (Å²) in [4.78, 5) is 4.60. The van der Waals surface area contributed by atoms with Crippen LogP contribution in [0.5, 0.6) is 0 Å². The van der Waals surface area contributed by atoms with E-state index in [-0.39, 0.29) is 12.4 Å². The van der Waals surface area contributed by atoms with Gasteiger partial charge in [0.15, 0.2) is 0 Å². The zero-order valence-corrected chi connectivity index (χ0v) is 12.1. The van der Waals surface area contributed by atoms with Gasteiger partial charge in [0.1, 0.15) is 12.4 Å². The third kappa shape index (κ3) is 3.80. The fourth-order valence-electron chi connectivity index (χ4n) is 2.53. The van der Waals surface area contributed by atoms with Crippen molar-refractivity contribution >= 4 is 0 Å². The van der Waals surface area contributed by atoms with E-state index in [9.17, 15) is 4.39 Å². The molecule has 0 radical (unpaired) electrons. The summed E-state index contributed by atoms with van der Waals surface area (Å²) in [5.41, 5.74) is 1.31. The van der Waals surface area contributed by atoms with E-state index < -0.39 is 0 Å². The Hall–Kier alpha value is -1.41. The van der Waals surface area contributed by atoms with Crippen LogP contribution in [-0.2, 0) is 6.54 Å². The van der Waals surface area contributed by atoms with Gasteiger partial charge in [0.2, 0.25) is 0 Å². The van der Waals surface area contributed by atoms with Gasteiger partial charge in [0.25, 0.3) is 0 Å². The van der Waals surface area contributed by atoms with E-state index in [2.05, 4.69) is 35.6 Å². The molecule has 1 atom stereocenters. The molecule has 1 aliphatic rings. The molecule has 108 valence electrons. The van der Waals surface area contributed by atoms with E-state index >= 15 is 0 Å². The van der Waals surface area contributed by atoms with Crippen molar-refractivity contribution in [2.24, 2.45) is 0 Å². The molecule has 1 aromatic rings. The van der Waals surface area contributed by atoms with Gasteiger partial charge in [-0.15, -0.1) is 0 Å². The van der Waals surface area contributed by atoms with Crippen molar-refractivity contribution in [3.63, 3.8) is 0 Å². The number of rotatable bonds is 2. The Morgan fingerprint density at radius 3 is 2.85 bits per heavy atom. The predicted octanol–water partition coefficient (Wildman–Crippen LogP) is 1.31. The summed E-state index contributed by atoms with van der Waals surface area (Å²) in [6.45, 7) is 5.60. The topological polar surface area (TPSA) is 26.7 Å². The molecule has 0 bridgehead atoms. The second-order valence-corrected chi connectivity index (χ2v) is 5.35. The quantitative estimate of drug-likeness (QED) is 0.825. The number of aliphatic hydroxyl groups excluding tert-OH is 1. The molecule has 1 unspecified atom stereocenters. The summed E-state index contributed by atoms with van der Waals surface area (Å²) in [6, 6.07) is 5.48. The Morgan fingerprint density at radius 1 is 1.40 bits per heavy atom. The molecule has 1 N–H and O–H groups in total. The maximum Gasteiger partial charge on any atom is 0.128 e. The molecular formula is C16H21FN2O. The molecule has 3 nitrogen and oxygen atoms in total. The average molecular weight is 276 g/mol. The van der Waals surface area contributed by atoms with Crippen LogP contribution in [0.25, 0.3) is 0 Å². The first-order valence-corrected chi connectivity index (χ1v) is 6.91. The van der Waals surface area contributed by atoms with Crippen LogP contribution in [0.1, 0.15) is 18.1 Å². The lowest BCUT2D eigenvalue weighted by molar-refractivity contribution is 0.0928. The summed E-state index contributed by atoms with van der Waals surface area (Å²) in [5, 5.41) is 8.64. The van der Waals surface area contributed by atoms with Crippen molar-refractivity contribution in [3.8, 4) is 11.8 Å². The van der Waals surface area contributed by atoms with E-state index in [0.29, 0.717) is 23.7 Å². The third-order valence-electron chi connectivity index (χ3n) is 3.71. The lowest BCUT2D eigenvalue weighted by Gasteiger charge is -2.38. The fraction of sp³-hybridized carbons (Fsp3) is 0.500. The van der Waals surface area contributed by atoms with Crippen molar-refractivity contribution in [3.05, 3.63) is 35.1 Å². The minimum Gasteiger partial charge on any atom is -0.384 e. The molecule has 1 heterocycles. The number of benzene rings is 1. The standard InChI is InChI=1S/C16H21FN2O/c1-13-11-18(2)7-8-19(13)12-15-6-5-14(4-3-9-20)10-16(15)17/h5-6,10,13,20H,7-9,11-12H2,1-2H3. The van der Waals surface area contributed by atoms with Crippen molar-refractivity contribution in [2.75, 3.05) is 33.3 Å². The second kappa shape index (κ2) is 6.85. The number of piperazine rings is 1. The van der Waals surface area contributed by atoms with E-state index in [1.54, 1.807) is 6.07 Å². The van der Waals surface area contributed by atoms with Gasteiger partial charge in [0, 0.05) is 43.3 Å². The first-order chi connectivity index (χ1) is 9.60. The van der Waals surface area contributed by atoms with Crippen molar-refractivity contribution in [1.82, 2.24) is 9.80 Å². The molecule has 2 rings (SSSR count). The molecule has 0 amide bonds. The maximum atomic E-state index is 14.1. The molecule has 1 aliphatic heterocycles. The first-order valence-electron chi connectivity index (χ1n) is 6.91. The second-order valence-electron chi connectivity index (χ2n) is 5.35. The maximum absolute atomic E-state index is 14.1. The molecule has 0 aromatic heterocycles. The van der Waals surface area contributed by atoms with Crippen molar-refractivity contribution in [2.45, 2.75) is 19.5 Å². The number of aliphatic hydroxyl groups is 1. The first kappa shape index (κ1) is 15.0. The highest BCUT2D eigenvalue weighted by Crippen LogP contribution is 2.16. The molecule has 20 heavy (non-hydrogen) atoms. The van der Waals surface area contributed by atoms with Crippen LogP contribution in [0.3, 0.4) is 0 Å². The van der Waals surface area contributed by atoms with Gasteiger partial charge in [0.05, 0.1) is 0 Å².